The van der Waals surface area contributed by atoms with Crippen molar-refractivity contribution in [2.45, 2.75) is 290 Å². The molecule has 17 nitrogen and oxygen atoms in total. The van der Waals surface area contributed by atoms with Crippen LogP contribution >= 0.6 is 15.6 Å². The van der Waals surface area contributed by atoms with Gasteiger partial charge in [-0.15, -0.1) is 0 Å². The van der Waals surface area contributed by atoms with Crippen LogP contribution in [0.4, 0.5) is 0 Å². The summed E-state index contributed by atoms with van der Waals surface area (Å²) in [5, 5.41) is 10.6. The van der Waals surface area contributed by atoms with E-state index in [9.17, 15) is 43.2 Å². The molecule has 0 fully saturated rings. The summed E-state index contributed by atoms with van der Waals surface area (Å²) in [6.45, 7) is 4.34. The molecule has 5 atom stereocenters. The standard InChI is InChI=1S/C81H132O17P2/c1-5-9-13-17-21-25-29-33-37-41-45-49-53-57-61-65-78(83)91-71-76(97-80(85)67-63-59-55-51-47-43-39-35-31-27-23-19-15-11-7-3)73-95-99(87,88)93-69-75(82)70-94-100(89,90)96-74-77(98-81(86)68-64-60-56-52-48-44-40-36-32-28-24-20-16-12-8-4)72-92-79(84)66-62-58-54-50-46-42-38-34-30-26-22-18-14-10-6-2/h9-11,13-15,21-23,25-27,33-40,45-47,49-51,75-77,82H,5-8,12,16-20,24,28-32,41-44,48,52-74H2,1-4H3,(H,87,88)(H,89,90)/b13-9-,14-10-,15-11-,25-21-,26-22-,27-23-,37-33-,38-34-,39-35-,40-36-,49-45-,50-46-,51-47-. The maximum Gasteiger partial charge on any atom is 0.472 e. The fourth-order valence-corrected chi connectivity index (χ4v) is 10.9. The number of carbonyl (C=O) groups is 4. The maximum atomic E-state index is 13.1. The molecule has 0 heterocycles. The molecule has 0 aliphatic heterocycles. The van der Waals surface area contributed by atoms with Crippen LogP contribution in [0.1, 0.15) is 272 Å². The Kier molecular flexibility index (Phi) is 68.2. The number of hydrogen-bond acceptors (Lipinski definition) is 15. The van der Waals surface area contributed by atoms with Crippen LogP contribution in [0.15, 0.2) is 158 Å². The van der Waals surface area contributed by atoms with Gasteiger partial charge in [-0.05, 0) is 167 Å². The minimum absolute atomic E-state index is 0.0270. The van der Waals surface area contributed by atoms with Gasteiger partial charge in [0.05, 0.1) is 26.4 Å². The first kappa shape index (κ1) is 94.7. The highest BCUT2D eigenvalue weighted by Crippen LogP contribution is 2.45. The molecule has 0 rings (SSSR count). The first-order valence-electron chi connectivity index (χ1n) is 37.7. The first-order valence-corrected chi connectivity index (χ1v) is 40.7. The van der Waals surface area contributed by atoms with Crippen LogP contribution in [-0.4, -0.2) is 96.7 Å². The number of aliphatic hydroxyl groups excluding tert-OH is 1. The number of allylic oxidation sites excluding steroid dienone is 26. The van der Waals surface area contributed by atoms with E-state index in [0.29, 0.717) is 32.1 Å². The largest absolute Gasteiger partial charge is 0.472 e. The summed E-state index contributed by atoms with van der Waals surface area (Å²) < 4.78 is 68.3. The first-order chi connectivity index (χ1) is 48.7. The van der Waals surface area contributed by atoms with Crippen molar-refractivity contribution in [2.75, 3.05) is 39.6 Å². The number of phosphoric ester groups is 2. The summed E-state index contributed by atoms with van der Waals surface area (Å²) >= 11 is 0. The van der Waals surface area contributed by atoms with Crippen LogP contribution in [0.5, 0.6) is 0 Å². The molecule has 0 amide bonds. The zero-order valence-electron chi connectivity index (χ0n) is 61.8. The predicted molar refractivity (Wildman–Crippen MR) is 408 cm³/mol. The molecule has 0 bridgehead atoms. The molecular formula is C81H132O17P2. The van der Waals surface area contributed by atoms with E-state index in [1.807, 2.05) is 0 Å². The van der Waals surface area contributed by atoms with E-state index in [2.05, 4.69) is 186 Å². The maximum absolute atomic E-state index is 13.1. The van der Waals surface area contributed by atoms with Crippen LogP contribution in [0.3, 0.4) is 0 Å². The van der Waals surface area contributed by atoms with E-state index < -0.39 is 97.5 Å². The van der Waals surface area contributed by atoms with E-state index in [1.165, 1.54) is 38.5 Å². The molecule has 100 heavy (non-hydrogen) atoms. The highest BCUT2D eigenvalue weighted by Gasteiger charge is 2.30. The van der Waals surface area contributed by atoms with Gasteiger partial charge >= 0.3 is 39.5 Å². The van der Waals surface area contributed by atoms with Crippen molar-refractivity contribution < 1.29 is 80.2 Å². The van der Waals surface area contributed by atoms with Crippen molar-refractivity contribution in [1.29, 1.82) is 0 Å². The minimum atomic E-state index is -5.00. The Balaban J connectivity index is 5.48. The van der Waals surface area contributed by atoms with Gasteiger partial charge in [0.15, 0.2) is 12.2 Å². The Hall–Kier alpha value is -5.32. The molecule has 0 aromatic rings. The van der Waals surface area contributed by atoms with Gasteiger partial charge in [-0.2, -0.15) is 0 Å². The number of ether oxygens (including phenoxy) is 4. The minimum Gasteiger partial charge on any atom is -0.462 e. The van der Waals surface area contributed by atoms with Gasteiger partial charge < -0.3 is 33.8 Å². The molecular weight excluding hydrogens is 1310 g/mol. The summed E-state index contributed by atoms with van der Waals surface area (Å²) in [6, 6.07) is 0. The zero-order valence-corrected chi connectivity index (χ0v) is 63.6. The fraction of sp³-hybridized carbons (Fsp3) is 0.630. The molecule has 19 heteroatoms. The van der Waals surface area contributed by atoms with Crippen molar-refractivity contribution >= 4 is 39.5 Å². The molecule has 0 saturated carbocycles. The van der Waals surface area contributed by atoms with Gasteiger partial charge in [0.2, 0.25) is 0 Å². The number of unbranched alkanes of at least 4 members (excludes halogenated alkanes) is 17. The van der Waals surface area contributed by atoms with Crippen LogP contribution in [-0.2, 0) is 65.4 Å². The van der Waals surface area contributed by atoms with Crippen molar-refractivity contribution in [3.63, 3.8) is 0 Å². The average molecular weight is 1440 g/mol. The third-order valence-corrected chi connectivity index (χ3v) is 16.9. The van der Waals surface area contributed by atoms with Crippen molar-refractivity contribution in [1.82, 2.24) is 0 Å². The van der Waals surface area contributed by atoms with Gasteiger partial charge in [-0.25, -0.2) is 9.13 Å². The molecule has 568 valence electrons. The van der Waals surface area contributed by atoms with E-state index >= 15 is 0 Å². The number of rotatable bonds is 69. The Bertz CT molecular complexity index is 2520. The third-order valence-electron chi connectivity index (χ3n) is 15.0. The second kappa shape index (κ2) is 72.0. The monoisotopic (exact) mass is 1440 g/mol. The molecule has 0 spiro atoms. The van der Waals surface area contributed by atoms with Gasteiger partial charge in [0.25, 0.3) is 0 Å². The highest BCUT2D eigenvalue weighted by atomic mass is 31.2. The Morgan fingerprint density at radius 1 is 0.290 bits per heavy atom. The topological polar surface area (TPSA) is 237 Å². The van der Waals surface area contributed by atoms with Crippen LogP contribution in [0, 0.1) is 0 Å². The van der Waals surface area contributed by atoms with Gasteiger partial charge in [-0.3, -0.25) is 37.3 Å². The smallest absolute Gasteiger partial charge is 0.462 e. The van der Waals surface area contributed by atoms with Crippen LogP contribution in [0.2, 0.25) is 0 Å². The lowest BCUT2D eigenvalue weighted by atomic mass is 10.1. The SMILES string of the molecule is CC/C=C\C/C=C\C/C=C\C/C=C\CCCCC(=O)OCC(COP(=O)(O)OCC(O)COP(=O)(O)OCC(COC(=O)CCCC/C=C\C/C=C\C/C=C\C/C=C\CC)OC(=O)CCCCCCC/C=C\CCCCCCCC)OC(=O)CCCC/C=C\C/C=C\C/C=C\C/C=C\CC. The second-order valence-electron chi connectivity index (χ2n) is 24.4. The summed E-state index contributed by atoms with van der Waals surface area (Å²) in [5.41, 5.74) is 0. The zero-order chi connectivity index (χ0) is 73.2. The number of esters is 4. The summed E-state index contributed by atoms with van der Waals surface area (Å²) in [6.07, 6.45) is 82.5. The summed E-state index contributed by atoms with van der Waals surface area (Å²) in [7, 11) is -10.0. The lowest BCUT2D eigenvalue weighted by Gasteiger charge is -2.21. The molecule has 0 aromatic heterocycles. The van der Waals surface area contributed by atoms with E-state index in [4.69, 9.17) is 37.0 Å². The van der Waals surface area contributed by atoms with Crippen LogP contribution in [0.25, 0.3) is 0 Å². The number of carbonyl (C=O) groups excluding carboxylic acids is 4. The average Bonchev–Trinajstić information content (AvgIpc) is 1.01. The fourth-order valence-electron chi connectivity index (χ4n) is 9.30. The highest BCUT2D eigenvalue weighted by molar-refractivity contribution is 7.47. The van der Waals surface area contributed by atoms with E-state index in [-0.39, 0.29) is 25.7 Å². The molecule has 3 N–H and O–H groups in total. The lowest BCUT2D eigenvalue weighted by Crippen LogP contribution is -2.30. The normalized spacial score (nSPS) is 14.8. The van der Waals surface area contributed by atoms with Crippen molar-refractivity contribution in [2.24, 2.45) is 0 Å². The lowest BCUT2D eigenvalue weighted by molar-refractivity contribution is -0.161. The summed E-state index contributed by atoms with van der Waals surface area (Å²) in [5.74, 6) is -2.34. The molecule has 0 saturated heterocycles. The van der Waals surface area contributed by atoms with Crippen LogP contribution < -0.4 is 0 Å². The molecule has 0 aromatic carbocycles. The predicted octanol–water partition coefficient (Wildman–Crippen LogP) is 21.7. The quantitative estimate of drug-likeness (QED) is 0.0169. The summed E-state index contributed by atoms with van der Waals surface area (Å²) in [4.78, 5) is 72.8. The van der Waals surface area contributed by atoms with E-state index in [1.54, 1.807) is 0 Å². The number of aliphatic hydroxyl groups is 1. The van der Waals surface area contributed by atoms with Gasteiger partial charge in [-0.1, -0.05) is 237 Å². The Morgan fingerprint density at radius 3 is 0.830 bits per heavy atom. The molecule has 0 radical (unpaired) electrons. The Morgan fingerprint density at radius 2 is 0.520 bits per heavy atom. The van der Waals surface area contributed by atoms with Gasteiger partial charge in [0, 0.05) is 25.7 Å². The third kappa shape index (κ3) is 71.1. The molecule has 0 aliphatic carbocycles. The van der Waals surface area contributed by atoms with Crippen molar-refractivity contribution in [3.05, 3.63) is 158 Å². The molecule has 0 aliphatic rings. The number of hydrogen-bond donors (Lipinski definition) is 3. The molecule has 5 unspecified atom stereocenters. The van der Waals surface area contributed by atoms with Crippen molar-refractivity contribution in [3.8, 4) is 0 Å². The van der Waals surface area contributed by atoms with Gasteiger partial charge in [0.1, 0.15) is 19.3 Å². The second-order valence-corrected chi connectivity index (χ2v) is 27.3. The Labute approximate surface area is 604 Å². The van der Waals surface area contributed by atoms with E-state index in [0.717, 1.165) is 148 Å². The number of phosphoric acid groups is 2.